The number of aromatic nitrogens is 1. The zero-order chi connectivity index (χ0) is 22.8. The van der Waals surface area contributed by atoms with Gasteiger partial charge in [0, 0.05) is 30.4 Å². The minimum absolute atomic E-state index is 0.0139. The molecule has 0 aliphatic rings. The minimum Gasteiger partial charge on any atom is -0.492 e. The van der Waals surface area contributed by atoms with E-state index in [0.717, 1.165) is 9.87 Å². The van der Waals surface area contributed by atoms with Crippen molar-refractivity contribution >= 4 is 44.6 Å². The highest BCUT2D eigenvalue weighted by Crippen LogP contribution is 2.32. The van der Waals surface area contributed by atoms with Gasteiger partial charge in [-0.2, -0.15) is 0 Å². The lowest BCUT2D eigenvalue weighted by Gasteiger charge is -2.16. The van der Waals surface area contributed by atoms with E-state index < -0.39 is 10.0 Å². The lowest BCUT2D eigenvalue weighted by Crippen LogP contribution is -2.23. The van der Waals surface area contributed by atoms with E-state index >= 15 is 0 Å². The molecule has 0 saturated carbocycles. The van der Waals surface area contributed by atoms with Gasteiger partial charge in [0.25, 0.3) is 5.91 Å². The summed E-state index contributed by atoms with van der Waals surface area (Å²) in [6.45, 7) is 3.84. The van der Waals surface area contributed by atoms with Crippen molar-refractivity contribution in [3.8, 4) is 16.3 Å². The Kier molecular flexibility index (Phi) is 7.00. The second kappa shape index (κ2) is 9.35. The monoisotopic (exact) mass is 479 g/mol. The first-order chi connectivity index (χ1) is 14.6. The van der Waals surface area contributed by atoms with Crippen LogP contribution in [0.15, 0.2) is 47.4 Å². The molecule has 10 heteroatoms. The fourth-order valence-electron chi connectivity index (χ4n) is 2.77. The topological polar surface area (TPSA) is 88.6 Å². The summed E-state index contributed by atoms with van der Waals surface area (Å²) in [6, 6.07) is 11.7. The van der Waals surface area contributed by atoms with E-state index in [9.17, 15) is 13.2 Å². The number of anilines is 1. The average Bonchev–Trinajstić information content (AvgIpc) is 3.11. The Morgan fingerprint density at radius 3 is 2.48 bits per heavy atom. The number of benzene rings is 2. The van der Waals surface area contributed by atoms with E-state index in [1.54, 1.807) is 32.0 Å². The number of nitrogens with zero attached hydrogens (tertiary/aromatic N) is 2. The fourth-order valence-corrected chi connectivity index (χ4v) is 4.91. The van der Waals surface area contributed by atoms with E-state index in [4.69, 9.17) is 16.3 Å². The molecule has 7 nitrogen and oxygen atoms in total. The Morgan fingerprint density at radius 1 is 1.19 bits per heavy atom. The van der Waals surface area contributed by atoms with Gasteiger partial charge in [0.05, 0.1) is 12.3 Å². The Balaban J connectivity index is 1.91. The van der Waals surface area contributed by atoms with Gasteiger partial charge in [0.15, 0.2) is 0 Å². The molecule has 1 N–H and O–H groups in total. The number of rotatable bonds is 7. The van der Waals surface area contributed by atoms with Crippen molar-refractivity contribution in [2.45, 2.75) is 18.7 Å². The second-order valence-electron chi connectivity index (χ2n) is 6.78. The van der Waals surface area contributed by atoms with Crippen LogP contribution < -0.4 is 10.1 Å². The molecule has 2 aromatic carbocycles. The van der Waals surface area contributed by atoms with Gasteiger partial charge in [-0.3, -0.25) is 4.79 Å². The predicted octanol–water partition coefficient (Wildman–Crippen LogP) is 4.67. The second-order valence-corrected chi connectivity index (χ2v) is 10.3. The van der Waals surface area contributed by atoms with Gasteiger partial charge in [-0.05, 0) is 44.2 Å². The van der Waals surface area contributed by atoms with Crippen molar-refractivity contribution in [2.24, 2.45) is 0 Å². The van der Waals surface area contributed by atoms with Crippen molar-refractivity contribution in [3.05, 3.63) is 58.1 Å². The molecule has 3 aromatic rings. The third-order valence-corrected chi connectivity index (χ3v) is 7.65. The van der Waals surface area contributed by atoms with Crippen molar-refractivity contribution in [2.75, 3.05) is 26.0 Å². The molecule has 1 aromatic heterocycles. The molecular formula is C21H22ClN3O4S2. The Bertz CT molecular complexity index is 1210. The van der Waals surface area contributed by atoms with Crippen molar-refractivity contribution < 1.29 is 17.9 Å². The zero-order valence-electron chi connectivity index (χ0n) is 17.5. The summed E-state index contributed by atoms with van der Waals surface area (Å²) in [6.07, 6.45) is 0. The molecule has 0 spiro atoms. The largest absolute Gasteiger partial charge is 0.492 e. The predicted molar refractivity (Wildman–Crippen MR) is 124 cm³/mol. The van der Waals surface area contributed by atoms with E-state index in [2.05, 4.69) is 10.3 Å². The first-order valence-electron chi connectivity index (χ1n) is 9.37. The van der Waals surface area contributed by atoms with Crippen molar-refractivity contribution in [1.82, 2.24) is 9.29 Å². The first kappa shape index (κ1) is 23.2. The molecule has 164 valence electrons. The lowest BCUT2D eigenvalue weighted by atomic mass is 10.2. The number of hydrogen-bond donors (Lipinski definition) is 1. The number of sulfonamides is 1. The molecule has 0 aliphatic heterocycles. The van der Waals surface area contributed by atoms with Gasteiger partial charge in [-0.25, -0.2) is 17.7 Å². The number of carbonyl (C=O) groups is 1. The van der Waals surface area contributed by atoms with Crippen LogP contribution >= 0.6 is 22.9 Å². The third kappa shape index (κ3) is 5.07. The van der Waals surface area contributed by atoms with Crippen LogP contribution in [0.5, 0.6) is 5.75 Å². The number of nitrogens with one attached hydrogen (secondary N) is 1. The number of amides is 1. The molecule has 1 amide bonds. The van der Waals surface area contributed by atoms with E-state index in [0.29, 0.717) is 32.9 Å². The van der Waals surface area contributed by atoms with Crippen LogP contribution in [0, 0.1) is 6.92 Å². The van der Waals surface area contributed by atoms with E-state index in [-0.39, 0.29) is 16.6 Å². The van der Waals surface area contributed by atoms with E-state index in [1.165, 1.54) is 37.6 Å². The molecule has 1 heterocycles. The zero-order valence-corrected chi connectivity index (χ0v) is 19.9. The van der Waals surface area contributed by atoms with Crippen LogP contribution in [0.4, 0.5) is 5.69 Å². The Morgan fingerprint density at radius 2 is 1.87 bits per heavy atom. The Hall–Kier alpha value is -2.46. The quantitative estimate of drug-likeness (QED) is 0.531. The molecule has 0 atom stereocenters. The van der Waals surface area contributed by atoms with Gasteiger partial charge in [-0.15, -0.1) is 11.3 Å². The van der Waals surface area contributed by atoms with E-state index in [1.807, 2.05) is 12.1 Å². The summed E-state index contributed by atoms with van der Waals surface area (Å²) in [7, 11) is -0.880. The number of ether oxygens (including phenoxy) is 1. The molecular weight excluding hydrogens is 458 g/mol. The molecule has 0 fully saturated rings. The van der Waals surface area contributed by atoms with Crippen LogP contribution in [0.1, 0.15) is 22.3 Å². The summed E-state index contributed by atoms with van der Waals surface area (Å²) in [5, 5.41) is 4.08. The highest BCUT2D eigenvalue weighted by molar-refractivity contribution is 7.89. The summed E-state index contributed by atoms with van der Waals surface area (Å²) in [5.41, 5.74) is 1.78. The highest BCUT2D eigenvalue weighted by Gasteiger charge is 2.24. The summed E-state index contributed by atoms with van der Waals surface area (Å²) in [4.78, 5) is 17.8. The van der Waals surface area contributed by atoms with Crippen LogP contribution in [-0.2, 0) is 10.0 Å². The normalized spacial score (nSPS) is 11.5. The molecule has 0 radical (unpaired) electrons. The standard InChI is InChI=1S/C21H22ClN3O4S2/c1-5-29-17-11-10-16(12-18(17)31(27,28)25(3)4)24-20(26)19-13(2)23-21(30-19)14-6-8-15(22)9-7-14/h6-12H,5H2,1-4H3,(H,24,26). The van der Waals surface area contributed by atoms with Gasteiger partial charge >= 0.3 is 0 Å². The number of halogens is 1. The maximum atomic E-state index is 12.9. The minimum atomic E-state index is -3.76. The maximum absolute atomic E-state index is 12.9. The van der Waals surface area contributed by atoms with Gasteiger partial charge in [0.1, 0.15) is 20.5 Å². The summed E-state index contributed by atoms with van der Waals surface area (Å²) < 4.78 is 31.9. The fraction of sp³-hybridized carbons (Fsp3) is 0.238. The number of carbonyl (C=O) groups excluding carboxylic acids is 1. The molecule has 0 unspecified atom stereocenters. The molecule has 3 rings (SSSR count). The van der Waals surface area contributed by atoms with Crippen molar-refractivity contribution in [1.29, 1.82) is 0 Å². The third-order valence-electron chi connectivity index (χ3n) is 4.35. The number of aryl methyl sites for hydroxylation is 1. The number of hydrogen-bond acceptors (Lipinski definition) is 6. The average molecular weight is 480 g/mol. The maximum Gasteiger partial charge on any atom is 0.267 e. The molecule has 31 heavy (non-hydrogen) atoms. The van der Waals surface area contributed by atoms with Crippen LogP contribution in [0.25, 0.3) is 10.6 Å². The Labute approximate surface area is 190 Å². The highest BCUT2D eigenvalue weighted by atomic mass is 35.5. The van der Waals surface area contributed by atoms with Crippen LogP contribution in [-0.4, -0.2) is 44.3 Å². The lowest BCUT2D eigenvalue weighted by molar-refractivity contribution is 0.102. The number of thiazole rings is 1. The van der Waals surface area contributed by atoms with Crippen molar-refractivity contribution in [3.63, 3.8) is 0 Å². The molecule has 0 bridgehead atoms. The summed E-state index contributed by atoms with van der Waals surface area (Å²) in [5.74, 6) is -0.138. The summed E-state index contributed by atoms with van der Waals surface area (Å²) >= 11 is 7.19. The van der Waals surface area contributed by atoms with Gasteiger partial charge in [0.2, 0.25) is 10.0 Å². The van der Waals surface area contributed by atoms with Crippen LogP contribution in [0.3, 0.4) is 0 Å². The van der Waals surface area contributed by atoms with Crippen LogP contribution in [0.2, 0.25) is 5.02 Å². The first-order valence-corrected chi connectivity index (χ1v) is 12.0. The molecule has 0 aliphatic carbocycles. The van der Waals surface area contributed by atoms with Gasteiger partial charge < -0.3 is 10.1 Å². The van der Waals surface area contributed by atoms with Gasteiger partial charge in [-0.1, -0.05) is 23.7 Å². The smallest absolute Gasteiger partial charge is 0.267 e. The molecule has 0 saturated heterocycles. The SMILES string of the molecule is CCOc1ccc(NC(=O)c2sc(-c3ccc(Cl)cc3)nc2C)cc1S(=O)(=O)N(C)C.